The van der Waals surface area contributed by atoms with Gasteiger partial charge in [0.05, 0.1) is 16.6 Å². The standard InChI is InChI=1S/C14H7ClF2N2O/c15-13-11-7(4-5-18-14(11)20)6-10(19-13)12-8(16)2-1-3-9(12)17/h1-6H,(H,18,20). The van der Waals surface area contributed by atoms with Crippen molar-refractivity contribution < 1.29 is 8.78 Å². The summed E-state index contributed by atoms with van der Waals surface area (Å²) in [5.41, 5.74) is -0.624. The van der Waals surface area contributed by atoms with Crippen molar-refractivity contribution >= 4 is 22.4 Å². The van der Waals surface area contributed by atoms with E-state index in [9.17, 15) is 13.6 Å². The Bertz CT molecular complexity index is 856. The lowest BCUT2D eigenvalue weighted by molar-refractivity contribution is 0.589. The molecule has 0 atom stereocenters. The molecule has 0 aliphatic heterocycles. The Hall–Kier alpha value is -2.27. The fraction of sp³-hybridized carbons (Fsp3) is 0. The second-order valence-corrected chi connectivity index (χ2v) is 4.52. The number of nitrogens with zero attached hydrogens (tertiary/aromatic N) is 1. The lowest BCUT2D eigenvalue weighted by Crippen LogP contribution is -2.06. The summed E-state index contributed by atoms with van der Waals surface area (Å²) in [7, 11) is 0. The van der Waals surface area contributed by atoms with Gasteiger partial charge in [0, 0.05) is 6.20 Å². The Kier molecular flexibility index (Phi) is 2.99. The summed E-state index contributed by atoms with van der Waals surface area (Å²) in [6.07, 6.45) is 1.43. The molecule has 3 rings (SSSR count). The number of pyridine rings is 2. The van der Waals surface area contributed by atoms with E-state index in [0.717, 1.165) is 12.1 Å². The highest BCUT2D eigenvalue weighted by Crippen LogP contribution is 2.29. The van der Waals surface area contributed by atoms with Gasteiger partial charge in [-0.3, -0.25) is 4.79 Å². The largest absolute Gasteiger partial charge is 0.328 e. The van der Waals surface area contributed by atoms with Crippen LogP contribution in [0.1, 0.15) is 0 Å². The van der Waals surface area contributed by atoms with Crippen molar-refractivity contribution in [2.75, 3.05) is 0 Å². The predicted octanol–water partition coefficient (Wildman–Crippen LogP) is 3.52. The Balaban J connectivity index is 2.37. The van der Waals surface area contributed by atoms with Gasteiger partial charge in [-0.15, -0.1) is 0 Å². The molecular formula is C14H7ClF2N2O. The van der Waals surface area contributed by atoms with E-state index in [1.165, 1.54) is 18.3 Å². The van der Waals surface area contributed by atoms with Crippen LogP contribution in [0.4, 0.5) is 8.78 Å². The zero-order chi connectivity index (χ0) is 14.3. The summed E-state index contributed by atoms with van der Waals surface area (Å²) in [6.45, 7) is 0. The number of aromatic amines is 1. The fourth-order valence-electron chi connectivity index (χ4n) is 2.04. The Morgan fingerprint density at radius 1 is 1.15 bits per heavy atom. The number of halogens is 3. The van der Waals surface area contributed by atoms with Crippen molar-refractivity contribution in [2.24, 2.45) is 0 Å². The first-order valence-corrected chi connectivity index (χ1v) is 6.08. The second kappa shape index (κ2) is 4.68. The van der Waals surface area contributed by atoms with Gasteiger partial charge >= 0.3 is 0 Å². The van der Waals surface area contributed by atoms with Crippen molar-refractivity contribution in [3.8, 4) is 11.3 Å². The Morgan fingerprint density at radius 2 is 1.85 bits per heavy atom. The molecule has 0 spiro atoms. The van der Waals surface area contributed by atoms with Crippen LogP contribution in [0.15, 0.2) is 41.3 Å². The molecule has 0 aliphatic carbocycles. The average Bonchev–Trinajstić information content (AvgIpc) is 2.38. The number of aromatic nitrogens is 2. The third-order valence-corrected chi connectivity index (χ3v) is 3.20. The Labute approximate surface area is 116 Å². The third-order valence-electron chi connectivity index (χ3n) is 2.93. The van der Waals surface area contributed by atoms with Gasteiger partial charge in [0.2, 0.25) is 0 Å². The second-order valence-electron chi connectivity index (χ2n) is 4.17. The first kappa shape index (κ1) is 12.7. The molecule has 20 heavy (non-hydrogen) atoms. The summed E-state index contributed by atoms with van der Waals surface area (Å²) in [4.78, 5) is 18.0. The van der Waals surface area contributed by atoms with Crippen molar-refractivity contribution in [1.29, 1.82) is 0 Å². The number of rotatable bonds is 1. The minimum Gasteiger partial charge on any atom is -0.328 e. The molecule has 3 nitrogen and oxygen atoms in total. The molecule has 0 bridgehead atoms. The van der Waals surface area contributed by atoms with Crippen molar-refractivity contribution in [2.45, 2.75) is 0 Å². The molecular weight excluding hydrogens is 286 g/mol. The molecule has 6 heteroatoms. The van der Waals surface area contributed by atoms with Crippen LogP contribution in [0, 0.1) is 11.6 Å². The van der Waals surface area contributed by atoms with Crippen molar-refractivity contribution in [1.82, 2.24) is 9.97 Å². The monoisotopic (exact) mass is 292 g/mol. The lowest BCUT2D eigenvalue weighted by Gasteiger charge is -2.07. The highest BCUT2D eigenvalue weighted by atomic mass is 35.5. The van der Waals surface area contributed by atoms with E-state index in [0.29, 0.717) is 5.39 Å². The molecule has 1 N–H and O–H groups in total. The van der Waals surface area contributed by atoms with Gasteiger partial charge in [0.25, 0.3) is 5.56 Å². The minimum absolute atomic E-state index is 0.0451. The van der Waals surface area contributed by atoms with E-state index >= 15 is 0 Å². The molecule has 0 fully saturated rings. The zero-order valence-corrected chi connectivity index (χ0v) is 10.7. The van der Waals surface area contributed by atoms with Crippen LogP contribution in [0.5, 0.6) is 0 Å². The van der Waals surface area contributed by atoms with Crippen LogP contribution >= 0.6 is 11.6 Å². The smallest absolute Gasteiger partial charge is 0.258 e. The summed E-state index contributed by atoms with van der Waals surface area (Å²) in [5.74, 6) is -1.48. The van der Waals surface area contributed by atoms with Crippen LogP contribution in [0.3, 0.4) is 0 Å². The molecule has 100 valence electrons. The van der Waals surface area contributed by atoms with Crippen molar-refractivity contribution in [3.63, 3.8) is 0 Å². The molecule has 2 aromatic heterocycles. The summed E-state index contributed by atoms with van der Waals surface area (Å²) in [6, 6.07) is 6.55. The van der Waals surface area contributed by atoms with Crippen LogP contribution in [-0.2, 0) is 0 Å². The fourth-order valence-corrected chi connectivity index (χ4v) is 2.32. The van der Waals surface area contributed by atoms with E-state index < -0.39 is 17.2 Å². The molecule has 0 saturated heterocycles. The third kappa shape index (κ3) is 1.96. The van der Waals surface area contributed by atoms with Crippen LogP contribution < -0.4 is 5.56 Å². The predicted molar refractivity (Wildman–Crippen MR) is 72.7 cm³/mol. The van der Waals surface area contributed by atoms with Crippen LogP contribution in [0.25, 0.3) is 22.0 Å². The maximum atomic E-state index is 13.8. The SMILES string of the molecule is O=c1[nH]ccc2cc(-c3c(F)cccc3F)nc(Cl)c12. The van der Waals surface area contributed by atoms with E-state index in [1.54, 1.807) is 6.07 Å². The highest BCUT2D eigenvalue weighted by molar-refractivity contribution is 6.34. The molecule has 3 aromatic rings. The number of benzene rings is 1. The topological polar surface area (TPSA) is 45.8 Å². The minimum atomic E-state index is -0.738. The molecule has 1 aromatic carbocycles. The molecule has 2 heterocycles. The van der Waals surface area contributed by atoms with Gasteiger partial charge in [0.1, 0.15) is 16.8 Å². The van der Waals surface area contributed by atoms with Gasteiger partial charge in [-0.1, -0.05) is 17.7 Å². The lowest BCUT2D eigenvalue weighted by atomic mass is 10.1. The zero-order valence-electron chi connectivity index (χ0n) is 9.95. The number of fused-ring (bicyclic) bond motifs is 1. The van der Waals surface area contributed by atoms with E-state index in [4.69, 9.17) is 11.6 Å². The maximum absolute atomic E-state index is 13.8. The quantitative estimate of drug-likeness (QED) is 0.698. The summed E-state index contributed by atoms with van der Waals surface area (Å²) in [5, 5.41) is 0.558. The van der Waals surface area contributed by atoms with E-state index in [2.05, 4.69) is 9.97 Å². The molecule has 0 amide bonds. The summed E-state index contributed by atoms with van der Waals surface area (Å²) >= 11 is 5.95. The molecule has 0 unspecified atom stereocenters. The van der Waals surface area contributed by atoms with Gasteiger partial charge < -0.3 is 4.98 Å². The Morgan fingerprint density at radius 3 is 2.55 bits per heavy atom. The number of nitrogens with one attached hydrogen (secondary N) is 1. The van der Waals surface area contributed by atoms with E-state index in [-0.39, 0.29) is 21.8 Å². The summed E-state index contributed by atoms with van der Waals surface area (Å²) < 4.78 is 27.5. The maximum Gasteiger partial charge on any atom is 0.258 e. The van der Waals surface area contributed by atoms with Gasteiger partial charge in [-0.25, -0.2) is 13.8 Å². The van der Waals surface area contributed by atoms with Crippen LogP contribution in [-0.4, -0.2) is 9.97 Å². The molecule has 0 radical (unpaired) electrons. The van der Waals surface area contributed by atoms with Gasteiger partial charge in [0.15, 0.2) is 0 Å². The first-order chi connectivity index (χ1) is 9.58. The number of hydrogen-bond acceptors (Lipinski definition) is 2. The average molecular weight is 293 g/mol. The van der Waals surface area contributed by atoms with E-state index in [1.807, 2.05) is 0 Å². The van der Waals surface area contributed by atoms with Gasteiger partial charge in [-0.2, -0.15) is 0 Å². The number of H-pyrrole nitrogens is 1. The highest BCUT2D eigenvalue weighted by Gasteiger charge is 2.15. The first-order valence-electron chi connectivity index (χ1n) is 5.70. The van der Waals surface area contributed by atoms with Gasteiger partial charge in [-0.05, 0) is 29.7 Å². The normalized spacial score (nSPS) is 10.9. The molecule has 0 saturated carbocycles. The van der Waals surface area contributed by atoms with Crippen LogP contribution in [0.2, 0.25) is 5.15 Å². The molecule has 0 aliphatic rings. The number of hydrogen-bond donors (Lipinski definition) is 1. The van der Waals surface area contributed by atoms with Crippen molar-refractivity contribution in [3.05, 3.63) is 63.7 Å².